The first-order chi connectivity index (χ1) is 9.76. The van der Waals surface area contributed by atoms with Gasteiger partial charge in [-0.3, -0.25) is 0 Å². The van der Waals surface area contributed by atoms with E-state index < -0.39 is 66.9 Å². The summed E-state index contributed by atoms with van der Waals surface area (Å²) in [5.74, 6) is 0. The molecule has 0 aromatic carbocycles. The van der Waals surface area contributed by atoms with Crippen molar-refractivity contribution in [1.82, 2.24) is 0 Å². The molecule has 1 aliphatic heterocycles. The molecular weight excluding hydrogens is 1080 g/mol. The van der Waals surface area contributed by atoms with Crippen molar-refractivity contribution in [3.8, 4) is 0 Å². The van der Waals surface area contributed by atoms with Crippen LogP contribution in [0.3, 0.4) is 0 Å². The molecule has 56 heteroatoms. The third-order valence-electron chi connectivity index (χ3n) is 0.802. The second-order valence-electron chi connectivity index (χ2n) is 1.82. The molecule has 1 heterocycles. The van der Waals surface area contributed by atoms with E-state index in [0.717, 1.165) is 0 Å². The first-order valence-corrected chi connectivity index (χ1v) is 11.4. The van der Waals surface area contributed by atoms with Crippen LogP contribution in [0, 0.1) is 0 Å². The van der Waals surface area contributed by atoms with Gasteiger partial charge in [-0.25, -0.2) is 0 Å². The second-order valence-corrected chi connectivity index (χ2v) is 8.58. The van der Waals surface area contributed by atoms with Crippen molar-refractivity contribution in [3.63, 3.8) is 0 Å². The fraction of sp³-hybridized carbons (Fsp3) is 0. The Bertz CT molecular complexity index is 510. The van der Waals surface area contributed by atoms with Crippen LogP contribution in [0.25, 0.3) is 0 Å². The Morgan fingerprint density at radius 2 is 0.607 bits per heavy atom. The topological polar surface area (TPSA) is 993 Å². The molecule has 0 aliphatic carbocycles. The van der Waals surface area contributed by atoms with Crippen LogP contribution < -0.4 is 0 Å². The summed E-state index contributed by atoms with van der Waals surface area (Å²) >= 11 is -3.13. The molecular formula is H46Al10Mg5O39S2. The first-order valence-electron chi connectivity index (χ1n) is 3.80. The number of hydrogen-bond donors (Lipinski definition) is 0. The standard InChI is InChI=1S/10Al.5Mg.2H2O4S.26H2O.5O/c;;;;;;;;;;;;;;;2*1-5(2,3)4;;;;;;;;;;;;;;;;;;;;;;;;;;;;;;;/h;;;;;;;;;;;;;;;2*(H2,1,2,3,4);26*1H2;;;;;/q;;;;;;;;+1;+3;;;3*+2;;;;;;;;;;;;;;;;;;;;;;;;;;;;;;;;;/p-10. The summed E-state index contributed by atoms with van der Waals surface area (Å²) in [6.07, 6.45) is 0. The van der Waals surface area contributed by atoms with Gasteiger partial charge in [-0.2, -0.15) is 0 Å². The van der Waals surface area contributed by atoms with Crippen molar-refractivity contribution in [2.24, 2.45) is 0 Å². The van der Waals surface area contributed by atoms with Gasteiger partial charge in [0.2, 0.25) is 0 Å². The van der Waals surface area contributed by atoms with Crippen molar-refractivity contribution in [3.05, 3.63) is 0 Å². The summed E-state index contributed by atoms with van der Waals surface area (Å²) < 4.78 is 96.2. The molecule has 46 N–H and O–H groups in total. The zero-order valence-electron chi connectivity index (χ0n) is 28.1. The van der Waals surface area contributed by atoms with E-state index in [4.69, 9.17) is 10.2 Å². The summed E-state index contributed by atoms with van der Waals surface area (Å²) in [6.45, 7) is 0. The van der Waals surface area contributed by atoms with Crippen molar-refractivity contribution in [2.75, 3.05) is 0 Å². The number of rotatable bonds is 5. The molecule has 0 saturated carbocycles. The van der Waals surface area contributed by atoms with Gasteiger partial charge in [0, 0.05) is 104 Å². The molecule has 39 nitrogen and oxygen atoms in total. The molecule has 0 amide bonds. The third-order valence-corrected chi connectivity index (χ3v) is 7.22. The van der Waals surface area contributed by atoms with E-state index in [1.165, 1.54) is 0 Å². The Balaban J connectivity index is -0.00000000199. The molecule has 0 aromatic heterocycles. The van der Waals surface area contributed by atoms with Crippen molar-refractivity contribution < 1.29 is 189 Å². The van der Waals surface area contributed by atoms with E-state index in [-0.39, 0.29) is 316 Å². The monoisotopic (exact) mass is 1120 g/mol. The quantitative estimate of drug-likeness (QED) is 0.231. The van der Waals surface area contributed by atoms with Crippen LogP contribution in [-0.2, 0) is 50.5 Å². The predicted molar refractivity (Wildman–Crippen MR) is 196 cm³/mol. The third kappa shape index (κ3) is 304. The molecule has 0 aromatic rings. The average Bonchev–Trinajstić information content (AvgIpc) is 2.41. The van der Waals surface area contributed by atoms with Crippen LogP contribution >= 0.6 is 0 Å². The van der Waals surface area contributed by atoms with Crippen molar-refractivity contribution in [1.29, 1.82) is 0 Å². The van der Waals surface area contributed by atoms with E-state index in [9.17, 15) is 20.6 Å². The van der Waals surface area contributed by atoms with Crippen LogP contribution in [0.2, 0.25) is 0 Å². The summed E-state index contributed by atoms with van der Waals surface area (Å²) in [4.78, 5) is 0. The van der Waals surface area contributed by atoms with Gasteiger partial charge in [-0.05, 0) is 0 Å². The predicted octanol–water partition coefficient (Wildman–Crippen LogP) is -25.4. The van der Waals surface area contributed by atoms with Gasteiger partial charge in [-0.1, -0.05) is 0 Å². The van der Waals surface area contributed by atoms with E-state index in [2.05, 4.69) is 15.8 Å². The normalized spacial score (nSPS) is 5.18. The van der Waals surface area contributed by atoms with Crippen LogP contribution in [-0.4, -0.2) is 439 Å². The number of hydrogen-bond acceptors (Lipinski definition) is 19. The van der Waals surface area contributed by atoms with E-state index in [1.807, 2.05) is 16.6 Å². The molecule has 0 spiro atoms. The zero-order valence-corrected chi connectivity index (χ0v) is 48.4. The second kappa shape index (κ2) is 276. The van der Waals surface area contributed by atoms with Crippen molar-refractivity contribution in [2.45, 2.75) is 0 Å². The maximum absolute atomic E-state index is 10.5. The molecule has 332 valence electrons. The van der Waals surface area contributed by atoms with E-state index in [0.29, 0.717) is 43.4 Å². The molecule has 0 bridgehead atoms. The van der Waals surface area contributed by atoms with Crippen LogP contribution in [0.4, 0.5) is 0 Å². The van der Waals surface area contributed by atoms with E-state index in [1.54, 1.807) is 0 Å². The van der Waals surface area contributed by atoms with Crippen LogP contribution in [0.1, 0.15) is 0 Å². The molecule has 0 atom stereocenters. The molecule has 0 unspecified atom stereocenters. The van der Waals surface area contributed by atoms with Gasteiger partial charge >= 0.3 is 243 Å². The zero-order chi connectivity index (χ0) is 17.5. The summed E-state index contributed by atoms with van der Waals surface area (Å²) in [5.41, 5.74) is 0. The fourth-order valence-corrected chi connectivity index (χ4v) is 4.57. The van der Waals surface area contributed by atoms with Crippen LogP contribution in [0.15, 0.2) is 0 Å². The molecule has 56 heavy (non-hydrogen) atoms. The first kappa shape index (κ1) is 391. The van der Waals surface area contributed by atoms with Gasteiger partial charge in [0.1, 0.15) is 0 Å². The molecule has 1 fully saturated rings. The van der Waals surface area contributed by atoms with Gasteiger partial charge in [0.15, 0.2) is 0 Å². The Morgan fingerprint density at radius 3 is 0.696 bits per heavy atom. The van der Waals surface area contributed by atoms with Gasteiger partial charge < -0.3 is 142 Å². The summed E-state index contributed by atoms with van der Waals surface area (Å²) in [6, 6.07) is 0. The summed E-state index contributed by atoms with van der Waals surface area (Å²) in [5, 5.41) is 0. The molecule has 20 radical (unpaired) electrons. The Morgan fingerprint density at radius 1 is 0.464 bits per heavy atom. The molecule has 1 rings (SSSR count). The minimum absolute atomic E-state index is 0. The van der Waals surface area contributed by atoms with Gasteiger partial charge in [0.05, 0.1) is 0 Å². The molecule has 1 aliphatic rings. The summed E-state index contributed by atoms with van der Waals surface area (Å²) in [7, 11) is -8.54. The van der Waals surface area contributed by atoms with Crippen molar-refractivity contribution >= 4 is 300 Å². The van der Waals surface area contributed by atoms with E-state index >= 15 is 0 Å². The Hall–Kier alpha value is 6.70. The van der Waals surface area contributed by atoms with Crippen LogP contribution in [0.5, 0.6) is 0 Å². The molecule has 1 saturated heterocycles. The minimum atomic E-state index is -4.47. The Labute approximate surface area is 481 Å². The fourth-order valence-electron chi connectivity index (χ4n) is 0.399. The van der Waals surface area contributed by atoms with Gasteiger partial charge in [0.25, 0.3) is 0 Å². The Kier molecular flexibility index (Phi) is 1930. The SMILES string of the molecule is O.O.O.O.O.O.O.O.O.O.O.O.O.O.O.O.O.O.O.O.[Al].[Al].[Al].[Al].[Al].[Al].[Mg+2].[Mg+2].[Mg+2].[OH-].[OH-].[OH-].[OH-].[OH-].[OH-].[O]=[Al][O]S(=O)(=O)[O][Al]1[O]S(=O)(=O)[O]1.[O]=[Al][O][Al].[O]=[Mg].[O]=[Mg]. The van der Waals surface area contributed by atoms with Gasteiger partial charge in [-0.15, -0.1) is 0 Å². The maximum atomic E-state index is 10.5. The average molecular weight is 1130 g/mol.